The Balaban J connectivity index is 1.66. The summed E-state index contributed by atoms with van der Waals surface area (Å²) in [6, 6.07) is 8.42. The van der Waals surface area contributed by atoms with Crippen molar-refractivity contribution < 1.29 is 22.6 Å². The molecule has 7 nitrogen and oxygen atoms in total. The molecule has 1 aliphatic rings. The van der Waals surface area contributed by atoms with E-state index in [0.717, 1.165) is 5.69 Å². The van der Waals surface area contributed by atoms with Gasteiger partial charge in [0.1, 0.15) is 11.9 Å². The van der Waals surface area contributed by atoms with Gasteiger partial charge in [0, 0.05) is 24.8 Å². The molecule has 1 saturated heterocycles. The summed E-state index contributed by atoms with van der Waals surface area (Å²) in [6.45, 7) is 2.72. The summed E-state index contributed by atoms with van der Waals surface area (Å²) in [6.07, 6.45) is 2.93. The molecule has 2 aromatic rings. The van der Waals surface area contributed by atoms with Gasteiger partial charge in [-0.2, -0.15) is 4.31 Å². The molecule has 1 aromatic carbocycles. The average molecular weight is 392 g/mol. The molecule has 3 rings (SSSR count). The van der Waals surface area contributed by atoms with Crippen molar-refractivity contribution in [2.75, 3.05) is 27.3 Å². The van der Waals surface area contributed by atoms with Crippen LogP contribution in [0, 0.1) is 6.92 Å². The predicted molar refractivity (Wildman–Crippen MR) is 101 cm³/mol. The molecule has 0 spiro atoms. The van der Waals surface area contributed by atoms with Gasteiger partial charge >= 0.3 is 0 Å². The van der Waals surface area contributed by atoms with Gasteiger partial charge in [-0.25, -0.2) is 8.42 Å². The smallest absolute Gasteiger partial charge is 0.243 e. The highest BCUT2D eigenvalue weighted by Gasteiger charge is 2.30. The predicted octanol–water partition coefficient (Wildman–Crippen LogP) is 2.64. The van der Waals surface area contributed by atoms with Crippen molar-refractivity contribution in [3.63, 3.8) is 0 Å². The summed E-state index contributed by atoms with van der Waals surface area (Å²) in [7, 11) is -0.594. The van der Waals surface area contributed by atoms with Crippen LogP contribution in [-0.2, 0) is 10.0 Å². The number of sulfonamides is 1. The number of rotatable bonds is 6. The van der Waals surface area contributed by atoms with Crippen LogP contribution >= 0.6 is 0 Å². The quantitative estimate of drug-likeness (QED) is 0.752. The van der Waals surface area contributed by atoms with E-state index in [9.17, 15) is 8.42 Å². The lowest BCUT2D eigenvalue weighted by Gasteiger charge is -2.31. The first-order valence-corrected chi connectivity index (χ1v) is 10.2. The van der Waals surface area contributed by atoms with Gasteiger partial charge in [0.25, 0.3) is 0 Å². The lowest BCUT2D eigenvalue weighted by molar-refractivity contribution is 0.134. The maximum atomic E-state index is 12.9. The van der Waals surface area contributed by atoms with Gasteiger partial charge in [0.15, 0.2) is 11.5 Å². The number of hydrogen-bond acceptors (Lipinski definition) is 6. The third-order valence-corrected chi connectivity index (χ3v) is 6.48. The molecule has 1 aromatic heterocycles. The van der Waals surface area contributed by atoms with Crippen molar-refractivity contribution in [3.8, 4) is 17.2 Å². The third kappa shape index (κ3) is 4.33. The molecular formula is C19H24N2O5S. The number of aromatic nitrogens is 1. The summed E-state index contributed by atoms with van der Waals surface area (Å²) in [5.74, 6) is 1.60. The SMILES string of the molecule is COc1ccc(S(=O)(=O)N2CCC(Oc3ccc(C)nc3)CC2)cc1OC. The number of aryl methyl sites for hydroxylation is 1. The number of piperidine rings is 1. The van der Waals surface area contributed by atoms with Crippen LogP contribution in [0.4, 0.5) is 0 Å². The molecule has 1 aliphatic heterocycles. The van der Waals surface area contributed by atoms with E-state index in [0.29, 0.717) is 43.2 Å². The van der Waals surface area contributed by atoms with Gasteiger partial charge in [-0.15, -0.1) is 0 Å². The zero-order chi connectivity index (χ0) is 19.4. The van der Waals surface area contributed by atoms with Crippen LogP contribution in [0.15, 0.2) is 41.4 Å². The van der Waals surface area contributed by atoms with E-state index in [1.165, 1.54) is 30.7 Å². The topological polar surface area (TPSA) is 78.0 Å². The maximum Gasteiger partial charge on any atom is 0.243 e. The fraction of sp³-hybridized carbons (Fsp3) is 0.421. The van der Waals surface area contributed by atoms with Crippen LogP contribution in [0.3, 0.4) is 0 Å². The molecular weight excluding hydrogens is 368 g/mol. The standard InChI is InChI=1S/C19H24N2O5S/c1-14-4-5-16(13-20-14)26-15-8-10-21(11-9-15)27(22,23)17-6-7-18(24-2)19(12-17)25-3/h4-7,12-13,15H,8-11H2,1-3H3. The van der Waals surface area contributed by atoms with Crippen LogP contribution < -0.4 is 14.2 Å². The Morgan fingerprint density at radius 2 is 1.74 bits per heavy atom. The van der Waals surface area contributed by atoms with Crippen LogP contribution in [0.2, 0.25) is 0 Å². The minimum Gasteiger partial charge on any atom is -0.493 e. The Kier molecular flexibility index (Phi) is 5.86. The van der Waals surface area contributed by atoms with Gasteiger partial charge in [0.2, 0.25) is 10.0 Å². The van der Waals surface area contributed by atoms with Gasteiger partial charge in [-0.1, -0.05) is 0 Å². The summed E-state index contributed by atoms with van der Waals surface area (Å²) < 4.78 is 43.7. The van der Waals surface area contributed by atoms with E-state index >= 15 is 0 Å². The van der Waals surface area contributed by atoms with E-state index < -0.39 is 10.0 Å². The molecule has 0 saturated carbocycles. The monoisotopic (exact) mass is 392 g/mol. The van der Waals surface area contributed by atoms with Crippen LogP contribution in [0.5, 0.6) is 17.2 Å². The average Bonchev–Trinajstić information content (AvgIpc) is 2.69. The summed E-state index contributed by atoms with van der Waals surface area (Å²) in [4.78, 5) is 4.41. The van der Waals surface area contributed by atoms with Crippen molar-refractivity contribution in [1.29, 1.82) is 0 Å². The Morgan fingerprint density at radius 1 is 1.04 bits per heavy atom. The fourth-order valence-electron chi connectivity index (χ4n) is 3.03. The van der Waals surface area contributed by atoms with Crippen molar-refractivity contribution in [2.45, 2.75) is 30.8 Å². The van der Waals surface area contributed by atoms with Crippen LogP contribution in [0.25, 0.3) is 0 Å². The molecule has 2 heterocycles. The first kappa shape index (κ1) is 19.4. The van der Waals surface area contributed by atoms with Gasteiger partial charge < -0.3 is 14.2 Å². The number of benzene rings is 1. The number of nitrogens with zero attached hydrogens (tertiary/aromatic N) is 2. The molecule has 0 aliphatic carbocycles. The highest BCUT2D eigenvalue weighted by atomic mass is 32.2. The molecule has 1 fully saturated rings. The second kappa shape index (κ2) is 8.14. The summed E-state index contributed by atoms with van der Waals surface area (Å²) in [5.41, 5.74) is 0.929. The molecule has 0 atom stereocenters. The van der Waals surface area contributed by atoms with Gasteiger partial charge in [0.05, 0.1) is 25.3 Å². The minimum atomic E-state index is -3.59. The molecule has 0 unspecified atom stereocenters. The van der Waals surface area contributed by atoms with Crippen molar-refractivity contribution in [2.24, 2.45) is 0 Å². The summed E-state index contributed by atoms with van der Waals surface area (Å²) in [5, 5.41) is 0. The fourth-order valence-corrected chi connectivity index (χ4v) is 4.52. The summed E-state index contributed by atoms with van der Waals surface area (Å²) >= 11 is 0. The molecule has 27 heavy (non-hydrogen) atoms. The number of hydrogen-bond donors (Lipinski definition) is 0. The molecule has 0 N–H and O–H groups in total. The first-order valence-electron chi connectivity index (χ1n) is 8.75. The van der Waals surface area contributed by atoms with E-state index in [2.05, 4.69) is 4.98 Å². The lowest BCUT2D eigenvalue weighted by atomic mass is 10.1. The Bertz CT molecular complexity index is 875. The molecule has 8 heteroatoms. The second-order valence-electron chi connectivity index (χ2n) is 6.37. The minimum absolute atomic E-state index is 0.0219. The zero-order valence-corrected chi connectivity index (χ0v) is 16.5. The number of methoxy groups -OCH3 is 2. The van der Waals surface area contributed by atoms with E-state index in [1.54, 1.807) is 12.3 Å². The Morgan fingerprint density at radius 3 is 2.33 bits per heavy atom. The van der Waals surface area contributed by atoms with Crippen molar-refractivity contribution in [1.82, 2.24) is 9.29 Å². The molecule has 0 bridgehead atoms. The Labute approximate surface area is 159 Å². The highest BCUT2D eigenvalue weighted by molar-refractivity contribution is 7.89. The van der Waals surface area contributed by atoms with Gasteiger partial charge in [-0.05, 0) is 44.0 Å². The second-order valence-corrected chi connectivity index (χ2v) is 8.31. The first-order chi connectivity index (χ1) is 12.9. The molecule has 0 amide bonds. The number of pyridine rings is 1. The van der Waals surface area contributed by atoms with Crippen molar-refractivity contribution >= 4 is 10.0 Å². The largest absolute Gasteiger partial charge is 0.493 e. The molecule has 146 valence electrons. The third-order valence-electron chi connectivity index (χ3n) is 4.58. The number of ether oxygens (including phenoxy) is 3. The Hall–Kier alpha value is -2.32. The molecule has 0 radical (unpaired) electrons. The maximum absolute atomic E-state index is 12.9. The van der Waals surface area contributed by atoms with E-state index in [-0.39, 0.29) is 11.0 Å². The van der Waals surface area contributed by atoms with Crippen molar-refractivity contribution in [3.05, 3.63) is 42.2 Å². The highest BCUT2D eigenvalue weighted by Crippen LogP contribution is 2.31. The zero-order valence-electron chi connectivity index (χ0n) is 15.7. The normalized spacial score (nSPS) is 16.1. The lowest BCUT2D eigenvalue weighted by Crippen LogP contribution is -2.41. The van der Waals surface area contributed by atoms with Crippen LogP contribution in [0.1, 0.15) is 18.5 Å². The van der Waals surface area contributed by atoms with E-state index in [4.69, 9.17) is 14.2 Å². The van der Waals surface area contributed by atoms with E-state index in [1.807, 2.05) is 19.1 Å². The van der Waals surface area contributed by atoms with Crippen LogP contribution in [-0.4, -0.2) is 51.1 Å². The van der Waals surface area contributed by atoms with Gasteiger partial charge in [-0.3, -0.25) is 4.98 Å².